The molecule has 1 atom stereocenters. The van der Waals surface area contributed by atoms with E-state index in [1.54, 1.807) is 19.3 Å². The summed E-state index contributed by atoms with van der Waals surface area (Å²) < 4.78 is 39.1. The van der Waals surface area contributed by atoms with Gasteiger partial charge < -0.3 is 18.7 Å². The molecule has 0 aromatic heterocycles. The molecule has 0 fully saturated rings. The quantitative estimate of drug-likeness (QED) is 0.383. The minimum absolute atomic E-state index is 0.0799. The third-order valence-corrected chi connectivity index (χ3v) is 6.31. The summed E-state index contributed by atoms with van der Waals surface area (Å²) in [5.74, 6) is 0.893. The lowest BCUT2D eigenvalue weighted by Gasteiger charge is -2.17. The number of ether oxygens (including phenoxy) is 3. The summed E-state index contributed by atoms with van der Waals surface area (Å²) in [6, 6.07) is 13.2. The van der Waals surface area contributed by atoms with Crippen molar-refractivity contribution in [2.24, 2.45) is 0 Å². The number of hydrogen-bond acceptors (Lipinski definition) is 7. The maximum absolute atomic E-state index is 12.6. The summed E-state index contributed by atoms with van der Waals surface area (Å²) in [4.78, 5) is 12.0. The molecule has 3 rings (SSSR count). The van der Waals surface area contributed by atoms with E-state index < -0.39 is 7.82 Å². The molecule has 1 aliphatic heterocycles. The molecule has 2 aromatic rings. The van der Waals surface area contributed by atoms with E-state index in [-0.39, 0.29) is 19.0 Å². The Balaban J connectivity index is 1.75. The fourth-order valence-electron chi connectivity index (χ4n) is 2.80. The van der Waals surface area contributed by atoms with Crippen molar-refractivity contribution in [1.29, 1.82) is 0 Å². The Kier molecular flexibility index (Phi) is 8.39. The van der Waals surface area contributed by atoms with Gasteiger partial charge in [0.05, 0.1) is 38.4 Å². The average molecular weight is 452 g/mol. The third kappa shape index (κ3) is 6.11. The van der Waals surface area contributed by atoms with Crippen LogP contribution in [0.1, 0.15) is 18.1 Å². The van der Waals surface area contributed by atoms with Crippen LogP contribution in [0.15, 0.2) is 52.3 Å². The van der Waals surface area contributed by atoms with Crippen molar-refractivity contribution in [2.45, 2.75) is 16.7 Å². The van der Waals surface area contributed by atoms with Crippen LogP contribution in [0.25, 0.3) is 11.8 Å². The number of fused-ring (bicyclic) bond motifs is 2. The molecule has 0 saturated carbocycles. The van der Waals surface area contributed by atoms with Crippen LogP contribution < -0.4 is 4.74 Å². The number of phosphoric acid groups is 1. The molecule has 7 nitrogen and oxygen atoms in total. The molecule has 1 heterocycles. The van der Waals surface area contributed by atoms with Crippen molar-refractivity contribution in [3.05, 3.63) is 53.6 Å². The molecule has 1 unspecified atom stereocenters. The summed E-state index contributed by atoms with van der Waals surface area (Å²) in [7, 11) is -2.78. The van der Waals surface area contributed by atoms with Gasteiger partial charge in [-0.2, -0.15) is 0 Å². The fraction of sp³-hybridized carbons (Fsp3) is 0.333. The maximum Gasteiger partial charge on any atom is 0.527 e. The molecule has 30 heavy (non-hydrogen) atoms. The molecule has 9 heteroatoms. The molecule has 0 amide bonds. The highest BCUT2D eigenvalue weighted by molar-refractivity contribution is 7.99. The number of hydrogen-bond donors (Lipinski definition) is 1. The standard InChI is InChI=1S/C21H25O7PS/c1-3-25-11-12-26-13-14-27-29(22,23)28-19-15-16-7-4-5-10-20(16)30-21-17(19)8-6-9-18(21)24-2/h4-10,15H,3,11-14H2,1-2H3,(H,22,23). The van der Waals surface area contributed by atoms with Crippen LogP contribution >= 0.6 is 19.6 Å². The van der Waals surface area contributed by atoms with E-state index in [1.807, 2.05) is 43.3 Å². The first-order chi connectivity index (χ1) is 14.5. The van der Waals surface area contributed by atoms with Crippen molar-refractivity contribution in [2.75, 3.05) is 40.1 Å². The van der Waals surface area contributed by atoms with E-state index in [1.165, 1.54) is 11.8 Å². The highest BCUT2D eigenvalue weighted by Crippen LogP contribution is 2.52. The predicted molar refractivity (Wildman–Crippen MR) is 116 cm³/mol. The van der Waals surface area contributed by atoms with Gasteiger partial charge in [0, 0.05) is 17.1 Å². The van der Waals surface area contributed by atoms with Crippen molar-refractivity contribution >= 4 is 31.4 Å². The molecular formula is C21H25O7PS. The summed E-state index contributed by atoms with van der Waals surface area (Å²) in [6.45, 7) is 3.44. The van der Waals surface area contributed by atoms with Crippen molar-refractivity contribution in [1.82, 2.24) is 0 Å². The van der Waals surface area contributed by atoms with E-state index in [0.717, 1.165) is 15.4 Å². The molecule has 162 valence electrons. The molecular weight excluding hydrogens is 427 g/mol. The lowest BCUT2D eigenvalue weighted by molar-refractivity contribution is 0.0359. The van der Waals surface area contributed by atoms with Gasteiger partial charge in [0.2, 0.25) is 0 Å². The summed E-state index contributed by atoms with van der Waals surface area (Å²) in [5.41, 5.74) is 1.52. The first kappa shape index (κ1) is 22.9. The van der Waals surface area contributed by atoms with Crippen molar-refractivity contribution in [3.63, 3.8) is 0 Å². The molecule has 0 aliphatic carbocycles. The lowest BCUT2D eigenvalue weighted by Crippen LogP contribution is -2.09. The van der Waals surface area contributed by atoms with E-state index in [4.69, 9.17) is 23.3 Å². The highest BCUT2D eigenvalue weighted by atomic mass is 32.2. The Morgan fingerprint density at radius 3 is 2.57 bits per heavy atom. The molecule has 2 aromatic carbocycles. The second-order valence-corrected chi connectivity index (χ2v) is 8.62. The molecule has 0 saturated heterocycles. The Morgan fingerprint density at radius 2 is 1.77 bits per heavy atom. The van der Waals surface area contributed by atoms with Gasteiger partial charge in [-0.15, -0.1) is 0 Å². The van der Waals surface area contributed by atoms with Crippen LogP contribution in [0.2, 0.25) is 0 Å². The Morgan fingerprint density at radius 1 is 1.00 bits per heavy atom. The van der Waals surface area contributed by atoms with Crippen LogP contribution in [0.3, 0.4) is 0 Å². The Labute approximate surface area is 180 Å². The topological polar surface area (TPSA) is 83.5 Å². The molecule has 0 bridgehead atoms. The monoisotopic (exact) mass is 452 g/mol. The highest BCUT2D eigenvalue weighted by Gasteiger charge is 2.28. The van der Waals surface area contributed by atoms with E-state index in [0.29, 0.717) is 31.1 Å². The van der Waals surface area contributed by atoms with E-state index >= 15 is 0 Å². The van der Waals surface area contributed by atoms with Crippen LogP contribution in [-0.2, 0) is 23.1 Å². The van der Waals surface area contributed by atoms with Gasteiger partial charge in [-0.1, -0.05) is 36.0 Å². The first-order valence-corrected chi connectivity index (χ1v) is 11.8. The number of methoxy groups -OCH3 is 1. The van der Waals surface area contributed by atoms with Gasteiger partial charge in [-0.05, 0) is 36.8 Å². The Hall–Kier alpha value is -1.80. The number of benzene rings is 2. The Bertz CT molecular complexity index is 931. The van der Waals surface area contributed by atoms with E-state index in [9.17, 15) is 9.46 Å². The van der Waals surface area contributed by atoms with E-state index in [2.05, 4.69) is 0 Å². The summed E-state index contributed by atoms with van der Waals surface area (Å²) >= 11 is 1.51. The SMILES string of the molecule is CCOCCOCCOP(=O)(O)OC1=Cc2ccccc2Sc2c(OC)cccc21. The van der Waals surface area contributed by atoms with Crippen LogP contribution in [0.4, 0.5) is 0 Å². The molecule has 0 radical (unpaired) electrons. The predicted octanol–water partition coefficient (Wildman–Crippen LogP) is 4.84. The number of phosphoric ester groups is 1. The minimum atomic E-state index is -4.36. The zero-order chi connectivity index (χ0) is 21.4. The van der Waals surface area contributed by atoms with Crippen molar-refractivity contribution in [3.8, 4) is 5.75 Å². The van der Waals surface area contributed by atoms with Gasteiger partial charge in [0.15, 0.2) is 0 Å². The van der Waals surface area contributed by atoms with Gasteiger partial charge >= 0.3 is 7.82 Å². The molecule has 0 spiro atoms. The second kappa shape index (κ2) is 11.0. The van der Waals surface area contributed by atoms with Gasteiger partial charge in [-0.25, -0.2) is 4.57 Å². The van der Waals surface area contributed by atoms with Gasteiger partial charge in [0.25, 0.3) is 0 Å². The van der Waals surface area contributed by atoms with Gasteiger partial charge in [0.1, 0.15) is 11.5 Å². The normalized spacial score (nSPS) is 14.7. The minimum Gasteiger partial charge on any atom is -0.496 e. The second-order valence-electron chi connectivity index (χ2n) is 6.19. The maximum atomic E-state index is 12.6. The zero-order valence-corrected chi connectivity index (χ0v) is 18.6. The lowest BCUT2D eigenvalue weighted by atomic mass is 10.1. The van der Waals surface area contributed by atoms with Crippen LogP contribution in [0, 0.1) is 0 Å². The zero-order valence-electron chi connectivity index (χ0n) is 16.9. The smallest absolute Gasteiger partial charge is 0.496 e. The molecule has 1 aliphatic rings. The largest absolute Gasteiger partial charge is 0.527 e. The summed E-state index contributed by atoms with van der Waals surface area (Å²) in [5, 5.41) is 0. The third-order valence-electron chi connectivity index (χ3n) is 4.15. The average Bonchev–Trinajstić information content (AvgIpc) is 2.89. The van der Waals surface area contributed by atoms with Gasteiger partial charge in [-0.3, -0.25) is 9.42 Å². The fourth-order valence-corrected chi connectivity index (χ4v) is 4.70. The first-order valence-electron chi connectivity index (χ1n) is 9.52. The van der Waals surface area contributed by atoms with Crippen LogP contribution in [-0.4, -0.2) is 45.0 Å². The molecule has 1 N–H and O–H groups in total. The van der Waals surface area contributed by atoms with Crippen LogP contribution in [0.5, 0.6) is 5.75 Å². The number of rotatable bonds is 11. The van der Waals surface area contributed by atoms with Crippen molar-refractivity contribution < 1.29 is 32.7 Å². The summed E-state index contributed by atoms with van der Waals surface area (Å²) in [6.07, 6.45) is 1.73.